The average molecular weight is 486 g/mol. The Kier molecular flexibility index (Phi) is 7.09. The fourth-order valence-electron chi connectivity index (χ4n) is 3.01. The highest BCUT2D eigenvalue weighted by molar-refractivity contribution is 8.27. The van der Waals surface area contributed by atoms with Crippen LogP contribution in [0.4, 0.5) is 10.1 Å². The highest BCUT2D eigenvalue weighted by Crippen LogP contribution is 2.38. The molecule has 0 unspecified atom stereocenters. The molecule has 0 N–H and O–H groups in total. The van der Waals surface area contributed by atoms with E-state index in [2.05, 4.69) is 0 Å². The Morgan fingerprint density at radius 3 is 2.50 bits per heavy atom. The third kappa shape index (κ3) is 5.12. The van der Waals surface area contributed by atoms with Gasteiger partial charge in [0.2, 0.25) is 0 Å². The minimum absolute atomic E-state index is 0.0722. The number of rotatable bonds is 7. The van der Waals surface area contributed by atoms with E-state index in [1.54, 1.807) is 6.08 Å². The number of anilines is 1. The van der Waals surface area contributed by atoms with Crippen LogP contribution in [0.5, 0.6) is 11.5 Å². The van der Waals surface area contributed by atoms with Crippen molar-refractivity contribution < 1.29 is 18.7 Å². The molecule has 1 fully saturated rings. The summed E-state index contributed by atoms with van der Waals surface area (Å²) in [6.45, 7) is 0.723. The van der Waals surface area contributed by atoms with Crippen molar-refractivity contribution in [1.82, 2.24) is 0 Å². The molecule has 1 aliphatic heterocycles. The molecule has 1 aliphatic rings. The van der Waals surface area contributed by atoms with Crippen LogP contribution in [-0.2, 0) is 4.79 Å². The molecule has 3 aromatic rings. The van der Waals surface area contributed by atoms with E-state index in [1.165, 1.54) is 34.9 Å². The highest BCUT2D eigenvalue weighted by Gasteiger charge is 2.33. The van der Waals surface area contributed by atoms with E-state index in [4.69, 9.17) is 33.3 Å². The molecule has 0 spiro atoms. The van der Waals surface area contributed by atoms with E-state index >= 15 is 0 Å². The molecule has 1 heterocycles. The maximum atomic E-state index is 13.5. The summed E-state index contributed by atoms with van der Waals surface area (Å²) < 4.78 is 25.4. The smallest absolute Gasteiger partial charge is 0.270 e. The van der Waals surface area contributed by atoms with Gasteiger partial charge in [-0.1, -0.05) is 72.0 Å². The topological polar surface area (TPSA) is 38.8 Å². The third-order valence-corrected chi connectivity index (χ3v) is 6.11. The van der Waals surface area contributed by atoms with Crippen molar-refractivity contribution in [2.24, 2.45) is 0 Å². The molecule has 4 nitrogen and oxygen atoms in total. The Bertz CT molecular complexity index is 1190. The number of thiocarbonyl (C=S) groups is 1. The van der Waals surface area contributed by atoms with Crippen LogP contribution < -0.4 is 14.4 Å². The third-order valence-electron chi connectivity index (χ3n) is 4.51. The maximum Gasteiger partial charge on any atom is 0.270 e. The molecule has 0 bridgehead atoms. The average Bonchev–Trinajstić information content (AvgIpc) is 3.08. The number of para-hydroxylation sites is 2. The van der Waals surface area contributed by atoms with Gasteiger partial charge in [-0.2, -0.15) is 0 Å². The molecule has 0 atom stereocenters. The molecular weight excluding hydrogens is 469 g/mol. The zero-order valence-corrected chi connectivity index (χ0v) is 19.1. The summed E-state index contributed by atoms with van der Waals surface area (Å²) in [7, 11) is 0. The summed E-state index contributed by atoms with van der Waals surface area (Å²) in [5.74, 6) is 0.539. The van der Waals surface area contributed by atoms with E-state index in [0.29, 0.717) is 33.9 Å². The van der Waals surface area contributed by atoms with E-state index in [-0.39, 0.29) is 10.9 Å². The Morgan fingerprint density at radius 1 is 1.00 bits per heavy atom. The molecule has 4 rings (SSSR count). The summed E-state index contributed by atoms with van der Waals surface area (Å²) in [6.07, 6.45) is 1.73. The first-order valence-electron chi connectivity index (χ1n) is 9.65. The van der Waals surface area contributed by atoms with Crippen molar-refractivity contribution >= 4 is 57.6 Å². The summed E-state index contributed by atoms with van der Waals surface area (Å²) in [6, 6.07) is 21.0. The lowest BCUT2D eigenvalue weighted by Crippen LogP contribution is -2.27. The molecule has 1 saturated heterocycles. The highest BCUT2D eigenvalue weighted by atomic mass is 35.5. The van der Waals surface area contributed by atoms with Crippen LogP contribution in [0.15, 0.2) is 77.7 Å². The largest absolute Gasteiger partial charge is 0.490 e. The minimum Gasteiger partial charge on any atom is -0.490 e. The number of ether oxygens (including phenoxy) is 2. The molecule has 1 amide bonds. The number of hydrogen-bond acceptors (Lipinski definition) is 5. The normalized spacial score (nSPS) is 14.8. The van der Waals surface area contributed by atoms with Gasteiger partial charge < -0.3 is 9.47 Å². The lowest BCUT2D eigenvalue weighted by Gasteiger charge is -2.15. The number of carbonyl (C=O) groups is 1. The predicted molar refractivity (Wildman–Crippen MR) is 131 cm³/mol. The van der Waals surface area contributed by atoms with Crippen molar-refractivity contribution in [3.05, 3.63) is 94.1 Å². The fraction of sp³-hybridized carbons (Fsp3) is 0.0833. The van der Waals surface area contributed by atoms with Gasteiger partial charge >= 0.3 is 0 Å². The molecule has 3 aromatic carbocycles. The standard InChI is InChI=1S/C24H17ClFNO3S2/c25-19-15-17(10-11-20(19)26)27-23(28)22(32-24(27)31)14-16-6-4-5-9-21(16)30-13-12-29-18-7-2-1-3-8-18/h1-11,14-15H,12-13H2/b22-14+. The van der Waals surface area contributed by atoms with Crippen LogP contribution in [0.1, 0.15) is 5.56 Å². The molecular formula is C24H17ClFNO3S2. The number of thioether (sulfide) groups is 1. The predicted octanol–water partition coefficient (Wildman–Crippen LogP) is 6.34. The van der Waals surface area contributed by atoms with E-state index in [9.17, 15) is 9.18 Å². The van der Waals surface area contributed by atoms with Crippen LogP contribution in [0.3, 0.4) is 0 Å². The van der Waals surface area contributed by atoms with Gasteiger partial charge in [0.25, 0.3) is 5.91 Å². The molecule has 8 heteroatoms. The van der Waals surface area contributed by atoms with Gasteiger partial charge in [-0.3, -0.25) is 9.69 Å². The minimum atomic E-state index is -0.557. The molecule has 0 aromatic heterocycles. The number of carbonyl (C=O) groups excluding carboxylic acids is 1. The van der Waals surface area contributed by atoms with E-state index in [1.807, 2.05) is 54.6 Å². The number of benzene rings is 3. The second-order valence-electron chi connectivity index (χ2n) is 6.66. The monoisotopic (exact) mass is 485 g/mol. The molecule has 0 aliphatic carbocycles. The van der Waals surface area contributed by atoms with Gasteiger partial charge in [0.15, 0.2) is 4.32 Å². The first-order chi connectivity index (χ1) is 15.5. The fourth-order valence-corrected chi connectivity index (χ4v) is 4.48. The van der Waals surface area contributed by atoms with Crippen molar-refractivity contribution in [1.29, 1.82) is 0 Å². The Labute approximate surface area is 199 Å². The van der Waals surface area contributed by atoms with Crippen molar-refractivity contribution in [3.8, 4) is 11.5 Å². The van der Waals surface area contributed by atoms with E-state index in [0.717, 1.165) is 11.3 Å². The van der Waals surface area contributed by atoms with Crippen molar-refractivity contribution in [2.75, 3.05) is 18.1 Å². The number of amides is 1. The van der Waals surface area contributed by atoms with Gasteiger partial charge in [-0.15, -0.1) is 0 Å². The van der Waals surface area contributed by atoms with Crippen LogP contribution in [0, 0.1) is 5.82 Å². The summed E-state index contributed by atoms with van der Waals surface area (Å²) in [5, 5.41) is -0.0722. The van der Waals surface area contributed by atoms with Crippen LogP contribution in [0.25, 0.3) is 6.08 Å². The van der Waals surface area contributed by atoms with Crippen LogP contribution in [0.2, 0.25) is 5.02 Å². The van der Waals surface area contributed by atoms with Gasteiger partial charge in [0, 0.05) is 5.56 Å². The summed E-state index contributed by atoms with van der Waals surface area (Å²) in [5.41, 5.74) is 1.16. The van der Waals surface area contributed by atoms with Crippen molar-refractivity contribution in [2.45, 2.75) is 0 Å². The van der Waals surface area contributed by atoms with Gasteiger partial charge in [0.05, 0.1) is 15.6 Å². The van der Waals surface area contributed by atoms with Gasteiger partial charge in [-0.05, 0) is 42.5 Å². The number of hydrogen-bond donors (Lipinski definition) is 0. The Morgan fingerprint density at radius 2 is 1.72 bits per heavy atom. The number of halogens is 2. The zero-order chi connectivity index (χ0) is 22.5. The van der Waals surface area contributed by atoms with Crippen molar-refractivity contribution in [3.63, 3.8) is 0 Å². The SMILES string of the molecule is O=C1/C(=C\c2ccccc2OCCOc2ccccc2)SC(=S)N1c1ccc(F)c(Cl)c1. The van der Waals surface area contributed by atoms with Crippen LogP contribution in [-0.4, -0.2) is 23.4 Å². The lowest BCUT2D eigenvalue weighted by molar-refractivity contribution is -0.113. The lowest BCUT2D eigenvalue weighted by atomic mass is 10.2. The van der Waals surface area contributed by atoms with Crippen LogP contribution >= 0.6 is 35.6 Å². The molecule has 162 valence electrons. The summed E-state index contributed by atoms with van der Waals surface area (Å²) in [4.78, 5) is 14.8. The second kappa shape index (κ2) is 10.2. The second-order valence-corrected chi connectivity index (χ2v) is 8.75. The van der Waals surface area contributed by atoms with E-state index < -0.39 is 5.82 Å². The van der Waals surface area contributed by atoms with Gasteiger partial charge in [-0.25, -0.2) is 4.39 Å². The summed E-state index contributed by atoms with van der Waals surface area (Å²) >= 11 is 12.4. The Balaban J connectivity index is 1.47. The molecule has 0 radical (unpaired) electrons. The quantitative estimate of drug-likeness (QED) is 0.222. The molecule has 0 saturated carbocycles. The number of nitrogens with zero attached hydrogens (tertiary/aromatic N) is 1. The first-order valence-corrected chi connectivity index (χ1v) is 11.3. The molecule has 32 heavy (non-hydrogen) atoms. The maximum absolute atomic E-state index is 13.5. The zero-order valence-electron chi connectivity index (χ0n) is 16.7. The Hall–Kier alpha value is -2.87. The first kappa shape index (κ1) is 22.3. The van der Waals surface area contributed by atoms with Gasteiger partial charge in [0.1, 0.15) is 30.5 Å².